The third-order valence-electron chi connectivity index (χ3n) is 9.71. The Morgan fingerprint density at radius 1 is 1.18 bits per heavy atom. The lowest BCUT2D eigenvalue weighted by Gasteiger charge is -2.74. The van der Waals surface area contributed by atoms with E-state index in [1.54, 1.807) is 24.8 Å². The van der Waals surface area contributed by atoms with Crippen LogP contribution in [0.25, 0.3) is 0 Å². The Balaban J connectivity index is 2.00. The van der Waals surface area contributed by atoms with Crippen LogP contribution in [0.15, 0.2) is 12.7 Å². The molecule has 4 fully saturated rings. The van der Waals surface area contributed by atoms with Crippen LogP contribution in [0.4, 0.5) is 4.79 Å². The van der Waals surface area contributed by atoms with Crippen LogP contribution in [-0.4, -0.2) is 98.6 Å². The first-order valence-electron chi connectivity index (χ1n) is 14.0. The van der Waals surface area contributed by atoms with Crippen LogP contribution < -0.4 is 5.32 Å². The summed E-state index contributed by atoms with van der Waals surface area (Å²) in [5.41, 5.74) is -5.76. The van der Waals surface area contributed by atoms with Crippen LogP contribution in [-0.2, 0) is 38.0 Å². The van der Waals surface area contributed by atoms with E-state index in [0.29, 0.717) is 13.0 Å². The monoisotopic (exact) mass is 566 g/mol. The molecule has 1 spiro atoms. The van der Waals surface area contributed by atoms with Crippen molar-refractivity contribution in [1.82, 2.24) is 10.2 Å². The number of methoxy groups -OCH3 is 1. The fourth-order valence-electron chi connectivity index (χ4n) is 8.18. The van der Waals surface area contributed by atoms with E-state index < -0.39 is 70.3 Å². The highest BCUT2D eigenvalue weighted by atomic mass is 16.7. The Hall–Kier alpha value is -2.05. The van der Waals surface area contributed by atoms with E-state index in [2.05, 4.69) is 25.7 Å². The van der Waals surface area contributed by atoms with Gasteiger partial charge in [-0.05, 0) is 46.2 Å². The summed E-state index contributed by atoms with van der Waals surface area (Å²) in [4.78, 5) is 42.4. The number of ketones is 1. The summed E-state index contributed by atoms with van der Waals surface area (Å²) in [6.07, 6.45) is -1.17. The number of rotatable bonds is 7. The molecule has 2 heterocycles. The average molecular weight is 567 g/mol. The van der Waals surface area contributed by atoms with E-state index in [-0.39, 0.29) is 18.7 Å². The molecule has 9 atom stereocenters. The van der Waals surface area contributed by atoms with Gasteiger partial charge in [0.1, 0.15) is 11.7 Å². The van der Waals surface area contributed by atoms with Crippen molar-refractivity contribution in [3.05, 3.63) is 12.7 Å². The number of alkyl carbamates (subject to hydrolysis) is 1. The van der Waals surface area contributed by atoms with Crippen LogP contribution in [0.5, 0.6) is 0 Å². The predicted molar refractivity (Wildman–Crippen MR) is 144 cm³/mol. The zero-order chi connectivity index (χ0) is 29.9. The lowest BCUT2D eigenvalue weighted by molar-refractivity contribution is -0.456. The van der Waals surface area contributed by atoms with Crippen LogP contribution >= 0.6 is 0 Å². The maximum absolute atomic E-state index is 14.7. The van der Waals surface area contributed by atoms with E-state index >= 15 is 0 Å². The van der Waals surface area contributed by atoms with Crippen molar-refractivity contribution in [2.75, 3.05) is 34.4 Å². The number of esters is 1. The highest BCUT2D eigenvalue weighted by Gasteiger charge is 2.85. The number of nitrogens with zero attached hydrogens (tertiary/aromatic N) is 1. The lowest BCUT2D eigenvalue weighted by atomic mass is 9.39. The Morgan fingerprint density at radius 3 is 2.42 bits per heavy atom. The zero-order valence-electron chi connectivity index (χ0n) is 25.3. The molecule has 11 nitrogen and oxygen atoms in total. The number of ether oxygens (including phenoxy) is 6. The normalized spacial score (nSPS) is 43.8. The van der Waals surface area contributed by atoms with Crippen molar-refractivity contribution < 1.29 is 42.8 Å². The van der Waals surface area contributed by atoms with Crippen LogP contribution in [0, 0.1) is 16.7 Å². The third kappa shape index (κ3) is 4.40. The summed E-state index contributed by atoms with van der Waals surface area (Å²) >= 11 is 0. The highest BCUT2D eigenvalue weighted by molar-refractivity contribution is 5.93. The van der Waals surface area contributed by atoms with Gasteiger partial charge in [-0.15, -0.1) is 6.58 Å². The maximum atomic E-state index is 14.7. The van der Waals surface area contributed by atoms with Crippen molar-refractivity contribution in [2.45, 2.75) is 102 Å². The minimum absolute atomic E-state index is 0.0114. The van der Waals surface area contributed by atoms with Gasteiger partial charge in [0, 0.05) is 38.3 Å². The van der Waals surface area contributed by atoms with Crippen molar-refractivity contribution in [2.24, 2.45) is 16.7 Å². The molecule has 0 bridgehead atoms. The maximum Gasteiger partial charge on any atom is 0.407 e. The Bertz CT molecular complexity index is 1050. The molecule has 2 saturated heterocycles. The molecule has 2 aliphatic heterocycles. The number of amides is 1. The van der Waals surface area contributed by atoms with Crippen LogP contribution in [0.2, 0.25) is 0 Å². The number of carbonyl (C=O) groups excluding carboxylic acids is 3. The molecule has 4 rings (SSSR count). The Labute approximate surface area is 237 Å². The summed E-state index contributed by atoms with van der Waals surface area (Å²) in [5, 5.41) is 2.71. The van der Waals surface area contributed by atoms with Gasteiger partial charge in [0.15, 0.2) is 17.5 Å². The molecule has 1 amide bonds. The minimum Gasteiger partial charge on any atom is -0.455 e. The van der Waals surface area contributed by atoms with Gasteiger partial charge < -0.3 is 33.7 Å². The molecule has 0 aromatic rings. The van der Waals surface area contributed by atoms with Crippen molar-refractivity contribution >= 4 is 17.8 Å². The van der Waals surface area contributed by atoms with E-state index in [0.717, 1.165) is 6.42 Å². The fraction of sp³-hybridized carbons (Fsp3) is 0.828. The fourth-order valence-corrected chi connectivity index (χ4v) is 8.18. The molecule has 4 aliphatic rings. The van der Waals surface area contributed by atoms with Gasteiger partial charge >= 0.3 is 12.1 Å². The summed E-state index contributed by atoms with van der Waals surface area (Å²) in [6, 6.07) is 0. The quantitative estimate of drug-likeness (QED) is 0.280. The van der Waals surface area contributed by atoms with Gasteiger partial charge in [0.05, 0.1) is 18.3 Å². The standard InChI is InChI=1S/C29H46N2O9/c1-11-26(5)16-18(33)29-27(6)19(37-24(39-29)31(8)9)12-13-25(3,4)21(27)20(38-23(34)30-14-15-35-10)22(36-17(2)32)28(29,7)40-26/h11,19-22,24H,1,12-16H2,2-10H3,(H,30,34)/t19-,20-,21-,22-,24?,26-,27-,28+,29-/m0/s1. The topological polar surface area (TPSA) is 122 Å². The highest BCUT2D eigenvalue weighted by Crippen LogP contribution is 2.70. The molecule has 1 N–H and O–H groups in total. The van der Waals surface area contributed by atoms with Gasteiger partial charge in [-0.1, -0.05) is 26.8 Å². The summed E-state index contributed by atoms with van der Waals surface area (Å²) in [6.45, 7) is 15.4. The van der Waals surface area contributed by atoms with E-state index in [9.17, 15) is 14.4 Å². The van der Waals surface area contributed by atoms with E-state index in [4.69, 9.17) is 28.4 Å². The SMILES string of the molecule is C=C[C@@]1(C)CC(=O)[C@@]23OC(N(C)C)O[C@H]4CCC(C)(C)[C@H]([C@H](OC(=O)NCCOC)[C@H](OC(C)=O)[C@@]2(C)O1)[C@]43C. The predicted octanol–water partition coefficient (Wildman–Crippen LogP) is 2.81. The van der Waals surface area contributed by atoms with E-state index in [1.165, 1.54) is 14.0 Å². The molecule has 40 heavy (non-hydrogen) atoms. The molecule has 0 aromatic heterocycles. The molecule has 2 aliphatic carbocycles. The van der Waals surface area contributed by atoms with Gasteiger partial charge in [-0.2, -0.15) is 0 Å². The minimum atomic E-state index is -1.60. The Kier molecular flexibility index (Phi) is 7.99. The van der Waals surface area contributed by atoms with Crippen molar-refractivity contribution in [3.8, 4) is 0 Å². The second-order valence-corrected chi connectivity index (χ2v) is 13.1. The molecule has 1 unspecified atom stereocenters. The summed E-state index contributed by atoms with van der Waals surface area (Å²) in [7, 11) is 5.17. The van der Waals surface area contributed by atoms with Gasteiger partial charge in [0.2, 0.25) is 6.41 Å². The molecule has 0 aromatic carbocycles. The first-order chi connectivity index (χ1) is 18.5. The smallest absolute Gasteiger partial charge is 0.407 e. The number of Topliss-reactive ketones (excluding diaryl/α,β-unsaturated/α-hetero) is 1. The number of nitrogens with one attached hydrogen (secondary N) is 1. The number of hydrogen-bond acceptors (Lipinski definition) is 10. The van der Waals surface area contributed by atoms with Gasteiger partial charge in [-0.3, -0.25) is 14.5 Å². The second-order valence-electron chi connectivity index (χ2n) is 13.1. The average Bonchev–Trinajstić information content (AvgIpc) is 2.84. The Morgan fingerprint density at radius 2 is 1.85 bits per heavy atom. The molecular formula is C29H46N2O9. The van der Waals surface area contributed by atoms with Gasteiger partial charge in [0.25, 0.3) is 0 Å². The van der Waals surface area contributed by atoms with Gasteiger partial charge in [-0.25, -0.2) is 4.79 Å². The number of hydrogen-bond donors (Lipinski definition) is 1. The third-order valence-corrected chi connectivity index (χ3v) is 9.71. The molecule has 226 valence electrons. The molecule has 0 radical (unpaired) electrons. The largest absolute Gasteiger partial charge is 0.455 e. The van der Waals surface area contributed by atoms with Crippen molar-refractivity contribution in [3.63, 3.8) is 0 Å². The van der Waals surface area contributed by atoms with Crippen molar-refractivity contribution in [1.29, 1.82) is 0 Å². The molecule has 2 saturated carbocycles. The molecular weight excluding hydrogens is 520 g/mol. The molecule has 11 heteroatoms. The zero-order valence-corrected chi connectivity index (χ0v) is 25.3. The van der Waals surface area contributed by atoms with Crippen LogP contribution in [0.1, 0.15) is 60.8 Å². The number of carbonyl (C=O) groups is 3. The second kappa shape index (κ2) is 10.3. The first kappa shape index (κ1) is 30.9. The first-order valence-corrected chi connectivity index (χ1v) is 14.0. The lowest BCUT2D eigenvalue weighted by Crippen LogP contribution is -2.90. The summed E-state index contributed by atoms with van der Waals surface area (Å²) < 4.78 is 37.5. The van der Waals surface area contributed by atoms with Crippen LogP contribution in [0.3, 0.4) is 0 Å². The van der Waals surface area contributed by atoms with E-state index in [1.807, 2.05) is 21.0 Å². The summed E-state index contributed by atoms with van der Waals surface area (Å²) in [5.74, 6) is -1.29.